The number of amides is 2. The molecule has 0 spiro atoms. The van der Waals surface area contributed by atoms with Crippen molar-refractivity contribution in [3.63, 3.8) is 0 Å². The van der Waals surface area contributed by atoms with Gasteiger partial charge in [0.05, 0.1) is 6.04 Å². The summed E-state index contributed by atoms with van der Waals surface area (Å²) < 4.78 is 0. The fourth-order valence-corrected chi connectivity index (χ4v) is 3.23. The monoisotopic (exact) mass is 415 g/mol. The van der Waals surface area contributed by atoms with Gasteiger partial charge in [-0.15, -0.1) is 0 Å². The molecule has 6 heteroatoms. The van der Waals surface area contributed by atoms with Gasteiger partial charge in [-0.05, 0) is 49.8 Å². The van der Waals surface area contributed by atoms with Crippen LogP contribution in [0.3, 0.4) is 0 Å². The van der Waals surface area contributed by atoms with Gasteiger partial charge in [-0.2, -0.15) is 0 Å². The molecular formula is C23H30ClN3O2. The molecular weight excluding hydrogens is 386 g/mol. The van der Waals surface area contributed by atoms with E-state index in [0.717, 1.165) is 12.0 Å². The van der Waals surface area contributed by atoms with Gasteiger partial charge in [0.25, 0.3) is 5.91 Å². The maximum atomic E-state index is 13.0. The van der Waals surface area contributed by atoms with E-state index in [1.807, 2.05) is 58.3 Å². The van der Waals surface area contributed by atoms with E-state index in [-0.39, 0.29) is 23.8 Å². The zero-order valence-electron chi connectivity index (χ0n) is 17.5. The molecule has 2 amide bonds. The molecule has 2 aromatic carbocycles. The third kappa shape index (κ3) is 6.58. The van der Waals surface area contributed by atoms with Crippen LogP contribution < -0.4 is 10.6 Å². The topological polar surface area (TPSA) is 61.4 Å². The Balaban J connectivity index is 2.08. The predicted octanol–water partition coefficient (Wildman–Crippen LogP) is 3.90. The van der Waals surface area contributed by atoms with Crippen molar-refractivity contribution in [2.45, 2.75) is 32.4 Å². The number of likely N-dealkylation sites (N-methyl/N-ethyl adjacent to an activating group) is 1. The van der Waals surface area contributed by atoms with E-state index >= 15 is 0 Å². The Morgan fingerprint density at radius 3 is 2.21 bits per heavy atom. The van der Waals surface area contributed by atoms with Crippen LogP contribution >= 0.6 is 11.6 Å². The lowest BCUT2D eigenvalue weighted by molar-refractivity contribution is -0.124. The zero-order chi connectivity index (χ0) is 21.4. The molecule has 0 radical (unpaired) electrons. The van der Waals surface area contributed by atoms with Crippen LogP contribution in [0.4, 0.5) is 0 Å². The smallest absolute Gasteiger partial charge is 0.251 e. The van der Waals surface area contributed by atoms with Gasteiger partial charge in [0.2, 0.25) is 5.91 Å². The Hall–Kier alpha value is -2.37. The summed E-state index contributed by atoms with van der Waals surface area (Å²) in [5, 5.41) is 6.48. The van der Waals surface area contributed by atoms with Crippen molar-refractivity contribution in [2.75, 3.05) is 20.6 Å². The molecule has 0 bridgehead atoms. The molecule has 156 valence electrons. The van der Waals surface area contributed by atoms with E-state index in [0.29, 0.717) is 17.1 Å². The van der Waals surface area contributed by atoms with Crippen molar-refractivity contribution < 1.29 is 9.59 Å². The summed E-state index contributed by atoms with van der Waals surface area (Å²) in [6, 6.07) is 16.1. The van der Waals surface area contributed by atoms with Crippen LogP contribution in [0, 0.1) is 5.92 Å². The van der Waals surface area contributed by atoms with Gasteiger partial charge in [0.15, 0.2) is 0 Å². The summed E-state index contributed by atoms with van der Waals surface area (Å²) in [4.78, 5) is 27.6. The second-order valence-corrected chi connectivity index (χ2v) is 7.92. The first-order valence-electron chi connectivity index (χ1n) is 9.89. The second-order valence-electron chi connectivity index (χ2n) is 7.48. The number of hydrogen-bond donors (Lipinski definition) is 2. The molecule has 5 nitrogen and oxygen atoms in total. The van der Waals surface area contributed by atoms with E-state index in [1.54, 1.807) is 24.3 Å². The summed E-state index contributed by atoms with van der Waals surface area (Å²) in [5.74, 6) is -0.459. The number of carbonyl (C=O) groups is 2. The van der Waals surface area contributed by atoms with Gasteiger partial charge in [-0.3, -0.25) is 9.59 Å². The Labute approximate surface area is 178 Å². The van der Waals surface area contributed by atoms with E-state index in [9.17, 15) is 9.59 Å². The van der Waals surface area contributed by atoms with Gasteiger partial charge in [0, 0.05) is 17.1 Å². The van der Waals surface area contributed by atoms with Crippen LogP contribution in [0.15, 0.2) is 54.6 Å². The second kappa shape index (κ2) is 11.0. The van der Waals surface area contributed by atoms with Crippen LogP contribution in [0.2, 0.25) is 5.02 Å². The maximum absolute atomic E-state index is 13.0. The molecule has 0 aliphatic heterocycles. The molecule has 0 aromatic heterocycles. The maximum Gasteiger partial charge on any atom is 0.251 e. The number of benzene rings is 2. The lowest BCUT2D eigenvalue weighted by Gasteiger charge is -2.28. The lowest BCUT2D eigenvalue weighted by atomic mass is 9.97. The number of rotatable bonds is 9. The highest BCUT2D eigenvalue weighted by atomic mass is 35.5. The van der Waals surface area contributed by atoms with E-state index in [1.165, 1.54) is 0 Å². The van der Waals surface area contributed by atoms with Crippen LogP contribution in [-0.4, -0.2) is 43.4 Å². The van der Waals surface area contributed by atoms with Gasteiger partial charge in [-0.1, -0.05) is 62.2 Å². The van der Waals surface area contributed by atoms with E-state index in [4.69, 9.17) is 11.6 Å². The first kappa shape index (κ1) is 22.9. The highest BCUT2D eigenvalue weighted by Crippen LogP contribution is 2.17. The molecule has 0 saturated carbocycles. The number of hydrogen-bond acceptors (Lipinski definition) is 3. The van der Waals surface area contributed by atoms with E-state index in [2.05, 4.69) is 15.5 Å². The van der Waals surface area contributed by atoms with Crippen molar-refractivity contribution in [1.82, 2.24) is 15.5 Å². The van der Waals surface area contributed by atoms with Crippen LogP contribution in [0.25, 0.3) is 0 Å². The molecule has 29 heavy (non-hydrogen) atoms. The molecule has 0 aliphatic carbocycles. The average Bonchev–Trinajstić information content (AvgIpc) is 2.72. The van der Waals surface area contributed by atoms with Crippen molar-refractivity contribution >= 4 is 23.4 Å². The quantitative estimate of drug-likeness (QED) is 0.652. The molecule has 3 atom stereocenters. The van der Waals surface area contributed by atoms with Crippen molar-refractivity contribution in [2.24, 2.45) is 5.92 Å². The predicted molar refractivity (Wildman–Crippen MR) is 118 cm³/mol. The van der Waals surface area contributed by atoms with Crippen LogP contribution in [-0.2, 0) is 4.79 Å². The normalized spacial score (nSPS) is 14.1. The molecule has 2 rings (SSSR count). The molecule has 2 aromatic rings. The third-order valence-electron chi connectivity index (χ3n) is 5.17. The summed E-state index contributed by atoms with van der Waals surface area (Å²) in [6.45, 7) is 4.43. The fourth-order valence-electron chi connectivity index (χ4n) is 3.11. The number of nitrogens with zero attached hydrogens (tertiary/aromatic N) is 1. The Morgan fingerprint density at radius 2 is 1.66 bits per heavy atom. The summed E-state index contributed by atoms with van der Waals surface area (Å²) in [7, 11) is 3.97. The number of halogens is 1. The minimum atomic E-state index is -0.609. The van der Waals surface area contributed by atoms with E-state index < -0.39 is 6.04 Å². The van der Waals surface area contributed by atoms with Crippen LogP contribution in [0.1, 0.15) is 42.2 Å². The van der Waals surface area contributed by atoms with Crippen molar-refractivity contribution in [3.05, 3.63) is 70.7 Å². The van der Waals surface area contributed by atoms with Gasteiger partial charge < -0.3 is 15.5 Å². The SMILES string of the molecule is CCC(C)C(NC(=O)c1ccc(Cl)cc1)C(=O)NCC(c1ccccc1)N(C)C. The molecule has 2 N–H and O–H groups in total. The van der Waals surface area contributed by atoms with Gasteiger partial charge in [-0.25, -0.2) is 0 Å². The first-order chi connectivity index (χ1) is 13.8. The summed E-state index contributed by atoms with van der Waals surface area (Å²) >= 11 is 5.89. The fraction of sp³-hybridized carbons (Fsp3) is 0.391. The molecule has 0 heterocycles. The summed E-state index contributed by atoms with van der Waals surface area (Å²) in [5.41, 5.74) is 1.61. The number of nitrogens with one attached hydrogen (secondary N) is 2. The third-order valence-corrected chi connectivity index (χ3v) is 5.42. The van der Waals surface area contributed by atoms with Crippen molar-refractivity contribution in [3.8, 4) is 0 Å². The van der Waals surface area contributed by atoms with Gasteiger partial charge >= 0.3 is 0 Å². The standard InChI is InChI=1S/C23H30ClN3O2/c1-5-16(2)21(26-22(28)18-11-13-19(24)14-12-18)23(29)25-15-20(27(3)4)17-9-7-6-8-10-17/h6-14,16,20-21H,5,15H2,1-4H3,(H,25,29)(H,26,28). The highest BCUT2D eigenvalue weighted by molar-refractivity contribution is 6.30. The van der Waals surface area contributed by atoms with Crippen LogP contribution in [0.5, 0.6) is 0 Å². The molecule has 0 saturated heterocycles. The minimum absolute atomic E-state index is 0.000724. The highest BCUT2D eigenvalue weighted by Gasteiger charge is 2.27. The first-order valence-corrected chi connectivity index (χ1v) is 10.3. The summed E-state index contributed by atoms with van der Waals surface area (Å²) in [6.07, 6.45) is 0.773. The molecule has 0 fully saturated rings. The average molecular weight is 416 g/mol. The Bertz CT molecular complexity index is 794. The molecule has 0 aliphatic rings. The Morgan fingerprint density at radius 1 is 1.03 bits per heavy atom. The minimum Gasteiger partial charge on any atom is -0.352 e. The zero-order valence-corrected chi connectivity index (χ0v) is 18.2. The lowest BCUT2D eigenvalue weighted by Crippen LogP contribution is -2.51. The molecule has 3 unspecified atom stereocenters. The number of carbonyl (C=O) groups excluding carboxylic acids is 2. The van der Waals surface area contributed by atoms with Gasteiger partial charge in [0.1, 0.15) is 6.04 Å². The van der Waals surface area contributed by atoms with Crippen molar-refractivity contribution in [1.29, 1.82) is 0 Å². The Kier molecular flexibility index (Phi) is 8.68. The largest absolute Gasteiger partial charge is 0.352 e.